The predicted octanol–water partition coefficient (Wildman–Crippen LogP) is -6.45. The van der Waals surface area contributed by atoms with Crippen molar-refractivity contribution in [1.29, 1.82) is 0 Å². The molecule has 0 spiro atoms. The average molecular weight is 387 g/mol. The summed E-state index contributed by atoms with van der Waals surface area (Å²) in [6, 6.07) is 0. The van der Waals surface area contributed by atoms with Gasteiger partial charge in [0.05, 0.1) is 0 Å². The Balaban J connectivity index is -0.0000000403. The molecular weight excluding hydrogens is 381 g/mol. The number of phosphoric ester groups is 2. The van der Waals surface area contributed by atoms with Gasteiger partial charge in [0.2, 0.25) is 0 Å². The van der Waals surface area contributed by atoms with Crippen molar-refractivity contribution in [3.8, 4) is 0 Å². The maximum atomic E-state index is 10.0. The smallest absolute Gasteiger partial charge is 1.00 e. The van der Waals surface area contributed by atoms with Crippen LogP contribution in [-0.4, -0.2) is 25.7 Å². The minimum Gasteiger partial charge on any atom is -1.00 e. The van der Waals surface area contributed by atoms with Crippen molar-refractivity contribution in [2.75, 3.05) is 0 Å². The van der Waals surface area contributed by atoms with Gasteiger partial charge >= 0.3 is 80.9 Å². The van der Waals surface area contributed by atoms with Crippen LogP contribution in [0.5, 0.6) is 0 Å². The Hall–Kier alpha value is 2.56. The first kappa shape index (κ1) is 31.1. The van der Waals surface area contributed by atoms with E-state index in [1.54, 1.807) is 0 Å². The zero-order chi connectivity index (χ0) is 9.99. The van der Waals surface area contributed by atoms with Crippen LogP contribution < -0.4 is 59.1 Å². The number of hydrogen-bond donors (Lipinski definition) is 4. The van der Waals surface area contributed by atoms with Crippen molar-refractivity contribution in [3.05, 3.63) is 0 Å². The van der Waals surface area contributed by atoms with Crippen LogP contribution in [0.1, 0.15) is 2.85 Å². The molecule has 0 saturated heterocycles. The summed E-state index contributed by atoms with van der Waals surface area (Å²) in [4.78, 5) is 41.7. The first-order valence-electron chi connectivity index (χ1n) is 2.14. The predicted molar refractivity (Wildman–Crippen MR) is 33.9 cm³/mol. The van der Waals surface area contributed by atoms with Crippen LogP contribution in [0, 0.1) is 0 Å². The van der Waals surface area contributed by atoms with E-state index in [0.717, 1.165) is 0 Å². The van der Waals surface area contributed by atoms with E-state index in [-0.39, 0.29) is 95.0 Å². The molecule has 0 aromatic carbocycles. The van der Waals surface area contributed by atoms with E-state index in [2.05, 4.69) is 9.05 Å². The Kier molecular flexibility index (Phi) is 24.5. The second-order valence-corrected chi connectivity index (χ2v) is 3.74. The van der Waals surface area contributed by atoms with Gasteiger partial charge in [0.15, 0.2) is 0 Å². The van der Waals surface area contributed by atoms with E-state index in [1.165, 1.54) is 0 Å². The summed E-state index contributed by atoms with van der Waals surface area (Å²) in [6.45, 7) is 0. The summed E-state index contributed by atoms with van der Waals surface area (Å²) in [5.74, 6) is 0. The van der Waals surface area contributed by atoms with Crippen molar-refractivity contribution in [2.45, 2.75) is 0 Å². The third kappa shape index (κ3) is 25.4. The van der Waals surface area contributed by atoms with Crippen LogP contribution in [0.3, 0.4) is 0 Å². The van der Waals surface area contributed by atoms with Crippen molar-refractivity contribution in [3.63, 3.8) is 0 Å². The Labute approximate surface area is 157 Å². The molecule has 0 saturated carbocycles. The molecule has 0 fully saturated rings. The molecule has 0 aliphatic rings. The van der Waals surface area contributed by atoms with Gasteiger partial charge < -0.3 is 11.9 Å². The van der Waals surface area contributed by atoms with Crippen molar-refractivity contribution < 1.29 is 137 Å². The fourth-order valence-corrected chi connectivity index (χ4v) is 0.733. The molecular formula is CH6Na2Ni2O9P2. The minimum absolute atomic E-state index is 0. The number of carbonyl (C=O) groups is 1. The zero-order valence-corrected chi connectivity index (χ0v) is 15.6. The molecule has 15 heteroatoms. The summed E-state index contributed by atoms with van der Waals surface area (Å²) in [7, 11) is -10.3. The topological polar surface area (TPSA) is 151 Å². The Morgan fingerprint density at radius 1 is 0.875 bits per heavy atom. The van der Waals surface area contributed by atoms with Gasteiger partial charge in [-0.15, -0.1) is 0 Å². The molecule has 0 aliphatic carbocycles. The maximum absolute atomic E-state index is 10.0. The quantitative estimate of drug-likeness (QED) is 0.268. The average Bonchev–Trinajstić information content (AvgIpc) is 1.49. The normalized spacial score (nSPS) is 9.25. The van der Waals surface area contributed by atoms with Crippen molar-refractivity contribution in [1.82, 2.24) is 0 Å². The standard InChI is InChI=1S/CH4O9P2.2Na.2Ni.2H/c2-1(9-11(3,4)5)10-12(6,7)8;;;;;;/h(H2,3,4,5)(H2,6,7,8);;;;;;/q;2*+1;;;2*-1. The summed E-state index contributed by atoms with van der Waals surface area (Å²) < 4.78 is 25.9. The molecule has 0 unspecified atom stereocenters. The second-order valence-electron chi connectivity index (χ2n) is 1.41. The molecule has 0 heterocycles. The van der Waals surface area contributed by atoms with Gasteiger partial charge in [-0.25, -0.2) is 13.9 Å². The van der Waals surface area contributed by atoms with Gasteiger partial charge in [-0.1, -0.05) is 0 Å². The number of rotatable bonds is 2. The largest absolute Gasteiger partial charge is 1.00 e. The van der Waals surface area contributed by atoms with E-state index < -0.39 is 21.8 Å². The Morgan fingerprint density at radius 2 is 1.06 bits per heavy atom. The molecule has 96 valence electrons. The number of phosphoric acid groups is 2. The van der Waals surface area contributed by atoms with E-state index in [9.17, 15) is 13.9 Å². The first-order chi connectivity index (χ1) is 5.10. The molecule has 0 aromatic rings. The fraction of sp³-hybridized carbons (Fsp3) is 0. The zero-order valence-electron chi connectivity index (χ0n) is 9.86. The molecule has 0 aliphatic heterocycles. The van der Waals surface area contributed by atoms with Crippen molar-refractivity contribution in [2.24, 2.45) is 0 Å². The van der Waals surface area contributed by atoms with Crippen LogP contribution >= 0.6 is 15.6 Å². The van der Waals surface area contributed by atoms with Gasteiger partial charge in [-0.2, -0.15) is 0 Å². The van der Waals surface area contributed by atoms with Gasteiger partial charge in [-0.05, 0) is 0 Å². The van der Waals surface area contributed by atoms with Crippen LogP contribution in [-0.2, 0) is 51.2 Å². The van der Waals surface area contributed by atoms with Crippen LogP contribution in [0.15, 0.2) is 0 Å². The molecule has 0 rings (SSSR count). The summed E-state index contributed by atoms with van der Waals surface area (Å²) in [5.41, 5.74) is 0. The van der Waals surface area contributed by atoms with Gasteiger partial charge in [0.1, 0.15) is 0 Å². The van der Waals surface area contributed by atoms with E-state index in [1.807, 2.05) is 0 Å². The monoisotopic (exact) mass is 386 g/mol. The molecule has 0 amide bonds. The first-order valence-corrected chi connectivity index (χ1v) is 5.20. The molecule has 0 radical (unpaired) electrons. The fourth-order valence-electron chi connectivity index (χ4n) is 0.211. The van der Waals surface area contributed by atoms with E-state index >= 15 is 0 Å². The molecule has 0 bridgehead atoms. The SMILES string of the molecule is O=C(OP(=O)(O)O)OP(=O)(O)O.[H-].[H-].[Na+].[Na+].[Ni].[Ni]. The maximum Gasteiger partial charge on any atom is 1.00 e. The third-order valence-corrected chi connectivity index (χ3v) is 1.16. The summed E-state index contributed by atoms with van der Waals surface area (Å²) in [5, 5.41) is 0. The van der Waals surface area contributed by atoms with Crippen LogP contribution in [0.2, 0.25) is 0 Å². The van der Waals surface area contributed by atoms with E-state index in [4.69, 9.17) is 19.6 Å². The van der Waals surface area contributed by atoms with Crippen molar-refractivity contribution >= 4 is 21.8 Å². The molecule has 0 aromatic heterocycles. The van der Waals surface area contributed by atoms with E-state index in [0.29, 0.717) is 0 Å². The summed E-state index contributed by atoms with van der Waals surface area (Å²) >= 11 is 0. The van der Waals surface area contributed by atoms with Crippen LogP contribution in [0.25, 0.3) is 0 Å². The minimum atomic E-state index is -5.13. The Morgan fingerprint density at radius 3 is 1.19 bits per heavy atom. The molecule has 0 atom stereocenters. The molecule has 9 nitrogen and oxygen atoms in total. The van der Waals surface area contributed by atoms with Gasteiger partial charge in [0, 0.05) is 33.0 Å². The summed E-state index contributed by atoms with van der Waals surface area (Å²) in [6.07, 6.45) is -2.14. The van der Waals surface area contributed by atoms with Gasteiger partial charge in [0.25, 0.3) is 0 Å². The third-order valence-electron chi connectivity index (χ3n) is 0.387. The number of carbonyl (C=O) groups excluding carboxylic acids is 1. The molecule has 4 N–H and O–H groups in total. The molecule has 16 heavy (non-hydrogen) atoms. The Bertz CT molecular complexity index is 254. The van der Waals surface area contributed by atoms with Gasteiger partial charge in [-0.3, -0.25) is 19.6 Å². The second kappa shape index (κ2) is 12.6. The van der Waals surface area contributed by atoms with Crippen LogP contribution in [0.4, 0.5) is 4.79 Å². The number of hydrogen-bond acceptors (Lipinski definition) is 5.